The number of pyridine rings is 1. The summed E-state index contributed by atoms with van der Waals surface area (Å²) < 4.78 is 24.4. The molecule has 0 saturated heterocycles. The van der Waals surface area contributed by atoms with Crippen LogP contribution in [0.2, 0.25) is 0 Å². The summed E-state index contributed by atoms with van der Waals surface area (Å²) in [6, 6.07) is 7.26. The van der Waals surface area contributed by atoms with E-state index in [1.54, 1.807) is 32.3 Å². The molecule has 0 saturated carbocycles. The normalized spacial score (nSPS) is 11.9. The Bertz CT molecular complexity index is 600. The first-order chi connectivity index (χ1) is 8.01. The van der Waals surface area contributed by atoms with Crippen LogP contribution in [0, 0.1) is 0 Å². The predicted octanol–water partition coefficient (Wildman–Crippen LogP) is 2.99. The lowest BCUT2D eigenvalue weighted by molar-refractivity contribution is 0.589. The molecule has 0 aliphatic rings. The second kappa shape index (κ2) is 4.58. The fourth-order valence-electron chi connectivity index (χ4n) is 1.38. The Labute approximate surface area is 105 Å². The van der Waals surface area contributed by atoms with E-state index in [-0.39, 0.29) is 5.25 Å². The summed E-state index contributed by atoms with van der Waals surface area (Å²) in [4.78, 5) is 4.89. The van der Waals surface area contributed by atoms with Gasteiger partial charge in [0.25, 0.3) is 0 Å². The molecule has 0 fully saturated rings. The van der Waals surface area contributed by atoms with Crippen LogP contribution in [0.15, 0.2) is 40.9 Å². The van der Waals surface area contributed by atoms with Gasteiger partial charge in [-0.25, -0.2) is 8.42 Å². The summed E-state index contributed by atoms with van der Waals surface area (Å²) in [5, 5.41) is -0.383. The Hall–Kier alpha value is -1.20. The quantitative estimate of drug-likeness (QED) is 0.859. The van der Waals surface area contributed by atoms with Gasteiger partial charge in [-0.15, -0.1) is 11.3 Å². The minimum absolute atomic E-state index is 0.383. The molecule has 2 rings (SSSR count). The van der Waals surface area contributed by atoms with Crippen molar-refractivity contribution in [2.75, 3.05) is 0 Å². The highest BCUT2D eigenvalue weighted by molar-refractivity contribution is 7.94. The summed E-state index contributed by atoms with van der Waals surface area (Å²) in [6.45, 7) is 3.39. The summed E-state index contributed by atoms with van der Waals surface area (Å²) >= 11 is 1.31. The molecule has 0 unspecified atom stereocenters. The molecule has 0 amide bonds. The molecule has 3 nitrogen and oxygen atoms in total. The second-order valence-electron chi connectivity index (χ2n) is 3.95. The molecule has 0 spiro atoms. The van der Waals surface area contributed by atoms with Gasteiger partial charge in [0.1, 0.15) is 4.21 Å². The number of hydrogen-bond acceptors (Lipinski definition) is 4. The maximum Gasteiger partial charge on any atom is 0.190 e. The maximum atomic E-state index is 12.0. The fourth-order valence-corrected chi connectivity index (χ4v) is 4.15. The highest BCUT2D eigenvalue weighted by Crippen LogP contribution is 2.31. The fraction of sp³-hybridized carbons (Fsp3) is 0.250. The SMILES string of the molecule is CC(C)S(=O)(=O)c1ccc(-c2ccncc2)s1. The maximum absolute atomic E-state index is 12.0. The molecule has 90 valence electrons. The zero-order valence-corrected chi connectivity index (χ0v) is 11.3. The lowest BCUT2D eigenvalue weighted by Gasteiger charge is -2.03. The van der Waals surface area contributed by atoms with E-state index in [1.165, 1.54) is 11.3 Å². The molecule has 0 aromatic carbocycles. The van der Waals surface area contributed by atoms with E-state index in [2.05, 4.69) is 4.98 Å². The summed E-state index contributed by atoms with van der Waals surface area (Å²) in [5.74, 6) is 0. The summed E-state index contributed by atoms with van der Waals surface area (Å²) in [5.41, 5.74) is 0.996. The Morgan fingerprint density at radius 3 is 2.35 bits per heavy atom. The van der Waals surface area contributed by atoms with Crippen LogP contribution < -0.4 is 0 Å². The van der Waals surface area contributed by atoms with E-state index in [4.69, 9.17) is 0 Å². The van der Waals surface area contributed by atoms with Gasteiger partial charge in [-0.05, 0) is 43.7 Å². The van der Waals surface area contributed by atoms with Gasteiger partial charge in [-0.1, -0.05) is 0 Å². The highest BCUT2D eigenvalue weighted by atomic mass is 32.2. The van der Waals surface area contributed by atoms with Crippen LogP contribution in [0.1, 0.15) is 13.8 Å². The Morgan fingerprint density at radius 1 is 1.12 bits per heavy atom. The molecular formula is C12H13NO2S2. The van der Waals surface area contributed by atoms with Crippen molar-refractivity contribution in [3.63, 3.8) is 0 Å². The van der Waals surface area contributed by atoms with Crippen LogP contribution in [0.25, 0.3) is 10.4 Å². The number of hydrogen-bond donors (Lipinski definition) is 0. The van der Waals surface area contributed by atoms with Gasteiger partial charge < -0.3 is 0 Å². The molecule has 2 aromatic heterocycles. The molecule has 5 heteroatoms. The van der Waals surface area contributed by atoms with Crippen LogP contribution >= 0.6 is 11.3 Å². The van der Waals surface area contributed by atoms with Crippen molar-refractivity contribution in [2.24, 2.45) is 0 Å². The van der Waals surface area contributed by atoms with Gasteiger partial charge in [0.15, 0.2) is 9.84 Å². The molecule has 0 bridgehead atoms. The smallest absolute Gasteiger partial charge is 0.190 e. The highest BCUT2D eigenvalue weighted by Gasteiger charge is 2.21. The van der Waals surface area contributed by atoms with Crippen molar-refractivity contribution >= 4 is 21.2 Å². The molecule has 2 aromatic rings. The van der Waals surface area contributed by atoms with Gasteiger partial charge in [0, 0.05) is 17.3 Å². The minimum atomic E-state index is -3.16. The van der Waals surface area contributed by atoms with Crippen LogP contribution in [-0.2, 0) is 9.84 Å². The van der Waals surface area contributed by atoms with Gasteiger partial charge in [0.2, 0.25) is 0 Å². The third-order valence-corrected chi connectivity index (χ3v) is 6.26. The Balaban J connectivity index is 2.42. The second-order valence-corrected chi connectivity index (χ2v) is 7.76. The Kier molecular flexibility index (Phi) is 3.31. The number of nitrogens with zero attached hydrogens (tertiary/aromatic N) is 1. The largest absolute Gasteiger partial charge is 0.265 e. The predicted molar refractivity (Wildman–Crippen MR) is 69.9 cm³/mol. The number of aromatic nitrogens is 1. The third kappa shape index (κ3) is 2.40. The van der Waals surface area contributed by atoms with E-state index in [0.717, 1.165) is 10.4 Å². The van der Waals surface area contributed by atoms with Crippen molar-refractivity contribution in [1.29, 1.82) is 0 Å². The monoisotopic (exact) mass is 267 g/mol. The van der Waals surface area contributed by atoms with Gasteiger partial charge in [-0.3, -0.25) is 4.98 Å². The van der Waals surface area contributed by atoms with E-state index < -0.39 is 9.84 Å². The van der Waals surface area contributed by atoms with Crippen molar-refractivity contribution in [2.45, 2.75) is 23.3 Å². The lowest BCUT2D eigenvalue weighted by atomic mass is 10.2. The van der Waals surface area contributed by atoms with Crippen molar-refractivity contribution in [3.8, 4) is 10.4 Å². The number of thiophene rings is 1. The molecule has 0 aliphatic carbocycles. The summed E-state index contributed by atoms with van der Waals surface area (Å²) in [7, 11) is -3.16. The van der Waals surface area contributed by atoms with Crippen molar-refractivity contribution in [3.05, 3.63) is 36.7 Å². The van der Waals surface area contributed by atoms with E-state index in [1.807, 2.05) is 18.2 Å². The average Bonchev–Trinajstić information content (AvgIpc) is 2.80. The zero-order valence-electron chi connectivity index (χ0n) is 9.62. The summed E-state index contributed by atoms with van der Waals surface area (Å²) in [6.07, 6.45) is 3.40. The molecule has 17 heavy (non-hydrogen) atoms. The molecule has 0 aliphatic heterocycles. The molecule has 0 N–H and O–H groups in total. The van der Waals surface area contributed by atoms with Crippen molar-refractivity contribution < 1.29 is 8.42 Å². The first kappa shape index (κ1) is 12.3. The molecule has 2 heterocycles. The van der Waals surface area contributed by atoms with Gasteiger partial charge in [-0.2, -0.15) is 0 Å². The minimum Gasteiger partial charge on any atom is -0.265 e. The molecular weight excluding hydrogens is 254 g/mol. The van der Waals surface area contributed by atoms with Gasteiger partial charge >= 0.3 is 0 Å². The topological polar surface area (TPSA) is 47.0 Å². The Morgan fingerprint density at radius 2 is 1.76 bits per heavy atom. The third-order valence-electron chi connectivity index (χ3n) is 2.45. The van der Waals surface area contributed by atoms with Crippen molar-refractivity contribution in [1.82, 2.24) is 4.98 Å². The zero-order chi connectivity index (χ0) is 12.5. The van der Waals surface area contributed by atoms with Crippen LogP contribution in [0.5, 0.6) is 0 Å². The number of rotatable bonds is 3. The van der Waals surface area contributed by atoms with E-state index in [0.29, 0.717) is 4.21 Å². The van der Waals surface area contributed by atoms with Gasteiger partial charge in [0.05, 0.1) is 5.25 Å². The van der Waals surface area contributed by atoms with E-state index >= 15 is 0 Å². The van der Waals surface area contributed by atoms with E-state index in [9.17, 15) is 8.42 Å². The first-order valence-electron chi connectivity index (χ1n) is 5.26. The first-order valence-corrected chi connectivity index (χ1v) is 7.62. The molecule has 0 radical (unpaired) electrons. The number of sulfone groups is 1. The average molecular weight is 267 g/mol. The van der Waals surface area contributed by atoms with Crippen LogP contribution in [0.3, 0.4) is 0 Å². The molecule has 0 atom stereocenters. The lowest BCUT2D eigenvalue weighted by Crippen LogP contribution is -2.12. The van der Waals surface area contributed by atoms with Crippen LogP contribution in [0.4, 0.5) is 0 Å². The van der Waals surface area contributed by atoms with Crippen LogP contribution in [-0.4, -0.2) is 18.7 Å². The standard InChI is InChI=1S/C12H13NO2S2/c1-9(2)17(14,15)12-4-3-11(16-12)10-5-7-13-8-6-10/h3-9H,1-2H3.